The van der Waals surface area contributed by atoms with Crippen molar-refractivity contribution in [1.82, 2.24) is 0 Å². The van der Waals surface area contributed by atoms with Gasteiger partial charge in [0.25, 0.3) is 0 Å². The van der Waals surface area contributed by atoms with Crippen molar-refractivity contribution in [1.29, 1.82) is 0 Å². The zero-order valence-electron chi connectivity index (χ0n) is 17.7. The molecule has 0 bridgehead atoms. The molecule has 0 unspecified atom stereocenters. The molecule has 0 radical (unpaired) electrons. The molecule has 0 heterocycles. The SMILES string of the molecule is COc1cc2c(cc1OC)[C@@]1(C)CC[C@H](Sc3ccccc3)C(C)(C)[C@@H]1CC2. The molecule has 0 spiro atoms. The molecule has 4 rings (SSSR count). The van der Waals surface area contributed by atoms with Crippen molar-refractivity contribution < 1.29 is 9.47 Å². The van der Waals surface area contributed by atoms with Crippen LogP contribution in [0.1, 0.15) is 51.2 Å². The summed E-state index contributed by atoms with van der Waals surface area (Å²) in [5, 5.41) is 0.648. The van der Waals surface area contributed by atoms with Crippen LogP contribution in [0, 0.1) is 11.3 Å². The van der Waals surface area contributed by atoms with E-state index in [9.17, 15) is 0 Å². The molecule has 3 atom stereocenters. The molecule has 0 saturated heterocycles. The van der Waals surface area contributed by atoms with Gasteiger partial charge in [0.15, 0.2) is 11.5 Å². The number of aryl methyl sites for hydroxylation is 1. The van der Waals surface area contributed by atoms with Crippen LogP contribution >= 0.6 is 11.8 Å². The number of ether oxygens (including phenoxy) is 2. The van der Waals surface area contributed by atoms with E-state index in [-0.39, 0.29) is 10.8 Å². The third-order valence-electron chi connectivity index (χ3n) is 7.37. The number of hydrogen-bond donors (Lipinski definition) is 0. The van der Waals surface area contributed by atoms with Crippen LogP contribution in [0.25, 0.3) is 0 Å². The Hall–Kier alpha value is -1.61. The second kappa shape index (κ2) is 7.33. The largest absolute Gasteiger partial charge is 0.493 e. The summed E-state index contributed by atoms with van der Waals surface area (Å²) >= 11 is 2.08. The highest BCUT2D eigenvalue weighted by molar-refractivity contribution is 8.00. The predicted octanol–water partition coefficient (Wildman–Crippen LogP) is 6.50. The zero-order valence-corrected chi connectivity index (χ0v) is 18.6. The van der Waals surface area contributed by atoms with Gasteiger partial charge >= 0.3 is 0 Å². The zero-order chi connectivity index (χ0) is 19.9. The Morgan fingerprint density at radius 2 is 1.61 bits per heavy atom. The van der Waals surface area contributed by atoms with Crippen LogP contribution in [-0.2, 0) is 11.8 Å². The number of benzene rings is 2. The number of methoxy groups -OCH3 is 2. The van der Waals surface area contributed by atoms with E-state index in [0.29, 0.717) is 11.2 Å². The van der Waals surface area contributed by atoms with E-state index in [0.717, 1.165) is 17.9 Å². The van der Waals surface area contributed by atoms with Crippen LogP contribution in [0.4, 0.5) is 0 Å². The van der Waals surface area contributed by atoms with Crippen LogP contribution < -0.4 is 9.47 Å². The van der Waals surface area contributed by atoms with Crippen LogP contribution in [0.2, 0.25) is 0 Å². The monoisotopic (exact) mass is 396 g/mol. The van der Waals surface area contributed by atoms with Crippen molar-refractivity contribution in [2.24, 2.45) is 11.3 Å². The Bertz CT molecular complexity index is 845. The van der Waals surface area contributed by atoms with E-state index in [1.165, 1.54) is 35.3 Å². The molecule has 0 N–H and O–H groups in total. The first-order chi connectivity index (χ1) is 13.4. The lowest BCUT2D eigenvalue weighted by Gasteiger charge is -2.57. The highest BCUT2D eigenvalue weighted by Gasteiger charge is 2.54. The Morgan fingerprint density at radius 1 is 0.929 bits per heavy atom. The van der Waals surface area contributed by atoms with Crippen molar-refractivity contribution in [2.45, 2.75) is 62.0 Å². The normalized spacial score (nSPS) is 28.2. The Morgan fingerprint density at radius 3 is 2.29 bits per heavy atom. The van der Waals surface area contributed by atoms with E-state index in [1.54, 1.807) is 14.2 Å². The molecule has 2 aliphatic carbocycles. The summed E-state index contributed by atoms with van der Waals surface area (Å²) in [6, 6.07) is 15.4. The maximum absolute atomic E-state index is 5.65. The van der Waals surface area contributed by atoms with Crippen LogP contribution in [0.3, 0.4) is 0 Å². The third-order valence-corrected chi connectivity index (χ3v) is 9.04. The molecule has 2 aromatic carbocycles. The first kappa shape index (κ1) is 19.7. The second-order valence-electron chi connectivity index (χ2n) is 9.15. The minimum Gasteiger partial charge on any atom is -0.493 e. The van der Waals surface area contributed by atoms with Gasteiger partial charge in [-0.05, 0) is 77.8 Å². The summed E-state index contributed by atoms with van der Waals surface area (Å²) in [7, 11) is 3.47. The molecule has 1 saturated carbocycles. The van der Waals surface area contributed by atoms with Crippen molar-refractivity contribution in [3.63, 3.8) is 0 Å². The summed E-state index contributed by atoms with van der Waals surface area (Å²) < 4.78 is 11.2. The average molecular weight is 397 g/mol. The molecule has 0 aliphatic heterocycles. The molecule has 0 aromatic heterocycles. The summed E-state index contributed by atoms with van der Waals surface area (Å²) in [4.78, 5) is 1.40. The number of thioether (sulfide) groups is 1. The van der Waals surface area contributed by atoms with Crippen LogP contribution in [0.15, 0.2) is 47.4 Å². The fourth-order valence-electron chi connectivity index (χ4n) is 5.87. The fourth-order valence-corrected chi connectivity index (χ4v) is 7.22. The summed E-state index contributed by atoms with van der Waals surface area (Å²) in [6.07, 6.45) is 4.85. The van der Waals surface area contributed by atoms with Crippen LogP contribution in [0.5, 0.6) is 11.5 Å². The van der Waals surface area contributed by atoms with Crippen molar-refractivity contribution in [3.05, 3.63) is 53.6 Å². The van der Waals surface area contributed by atoms with E-state index in [2.05, 4.69) is 75.0 Å². The Labute approximate surface area is 174 Å². The van der Waals surface area contributed by atoms with Gasteiger partial charge in [-0.1, -0.05) is 39.0 Å². The van der Waals surface area contributed by atoms with Gasteiger partial charge in [-0.25, -0.2) is 0 Å². The smallest absolute Gasteiger partial charge is 0.161 e. The molecule has 28 heavy (non-hydrogen) atoms. The van der Waals surface area contributed by atoms with Gasteiger partial charge in [-0.2, -0.15) is 0 Å². The van der Waals surface area contributed by atoms with Gasteiger partial charge in [0.2, 0.25) is 0 Å². The second-order valence-corrected chi connectivity index (χ2v) is 10.4. The van der Waals surface area contributed by atoms with Gasteiger partial charge in [-0.3, -0.25) is 0 Å². The molecule has 0 amide bonds. The quantitative estimate of drug-likeness (QED) is 0.587. The van der Waals surface area contributed by atoms with Crippen molar-refractivity contribution in [2.75, 3.05) is 14.2 Å². The lowest BCUT2D eigenvalue weighted by molar-refractivity contribution is 0.0470. The number of hydrogen-bond acceptors (Lipinski definition) is 3. The maximum Gasteiger partial charge on any atom is 0.161 e. The standard InChI is InChI=1S/C25H32O2S/c1-24(2)22-12-11-17-15-20(26-4)21(27-5)16-19(17)25(22,3)14-13-23(24)28-18-9-7-6-8-10-18/h6-10,15-16,22-23H,11-14H2,1-5H3/t22-,23-,25+/m0/s1. The van der Waals surface area contributed by atoms with Gasteiger partial charge in [0.05, 0.1) is 14.2 Å². The van der Waals surface area contributed by atoms with Gasteiger partial charge in [0.1, 0.15) is 0 Å². The number of rotatable bonds is 4. The molecule has 2 nitrogen and oxygen atoms in total. The summed E-state index contributed by atoms with van der Waals surface area (Å²) in [6.45, 7) is 7.50. The van der Waals surface area contributed by atoms with Crippen molar-refractivity contribution >= 4 is 11.8 Å². The van der Waals surface area contributed by atoms with E-state index in [4.69, 9.17) is 9.47 Å². The van der Waals surface area contributed by atoms with Crippen molar-refractivity contribution in [3.8, 4) is 11.5 Å². The molecular weight excluding hydrogens is 364 g/mol. The fraction of sp³-hybridized carbons (Fsp3) is 0.520. The predicted molar refractivity (Wildman–Crippen MR) is 118 cm³/mol. The Balaban J connectivity index is 1.69. The summed E-state index contributed by atoms with van der Waals surface area (Å²) in [5.74, 6) is 2.39. The summed E-state index contributed by atoms with van der Waals surface area (Å²) in [5.41, 5.74) is 3.40. The average Bonchev–Trinajstić information content (AvgIpc) is 2.70. The maximum atomic E-state index is 5.65. The highest BCUT2D eigenvalue weighted by atomic mass is 32.2. The van der Waals surface area contributed by atoms with Gasteiger partial charge in [-0.15, -0.1) is 11.8 Å². The lowest BCUT2D eigenvalue weighted by Crippen LogP contribution is -2.53. The minimum absolute atomic E-state index is 0.199. The first-order valence-corrected chi connectivity index (χ1v) is 11.2. The molecule has 2 aromatic rings. The minimum atomic E-state index is 0.199. The van der Waals surface area contributed by atoms with Crippen LogP contribution in [-0.4, -0.2) is 19.5 Å². The number of fused-ring (bicyclic) bond motifs is 3. The van der Waals surface area contributed by atoms with E-state index in [1.807, 2.05) is 0 Å². The van der Waals surface area contributed by atoms with Gasteiger partial charge in [0, 0.05) is 10.1 Å². The molecule has 1 fully saturated rings. The Kier molecular flexibility index (Phi) is 5.16. The molecule has 3 heteroatoms. The van der Waals surface area contributed by atoms with E-state index >= 15 is 0 Å². The topological polar surface area (TPSA) is 18.5 Å². The molecule has 150 valence electrons. The highest BCUT2D eigenvalue weighted by Crippen LogP contribution is 2.60. The molecular formula is C25H32O2S. The molecule has 2 aliphatic rings. The van der Waals surface area contributed by atoms with Gasteiger partial charge < -0.3 is 9.47 Å². The third kappa shape index (κ3) is 3.12. The lowest BCUT2D eigenvalue weighted by atomic mass is 9.50. The van der Waals surface area contributed by atoms with E-state index < -0.39 is 0 Å². The first-order valence-electron chi connectivity index (χ1n) is 10.4.